The lowest BCUT2D eigenvalue weighted by Gasteiger charge is -2.44. The smallest absolute Gasteiger partial charge is 0.243 e. The summed E-state index contributed by atoms with van der Waals surface area (Å²) >= 11 is 0. The Hall–Kier alpha value is -2.37. The number of rotatable bonds is 4. The molecule has 4 atom stereocenters. The zero-order valence-corrected chi connectivity index (χ0v) is 20.8. The molecule has 5 rings (SSSR count). The van der Waals surface area contributed by atoms with E-state index in [9.17, 15) is 22.7 Å². The highest BCUT2D eigenvalue weighted by molar-refractivity contribution is 7.89. The number of benzene rings is 2. The minimum Gasteiger partial charge on any atom is -0.389 e. The predicted octanol–water partition coefficient (Wildman–Crippen LogP) is 2.10. The van der Waals surface area contributed by atoms with Crippen LogP contribution in [0, 0.1) is 5.82 Å². The standard InChI is InChI=1S/C26H31FN2O6S/c27-20-5-8-23(9-6-20)36(32,33)29-15-21(30)16-34-17-25-24(29)10-7-22(35-25)13-26(31)28-12-11-18-3-1-2-4-19(18)14-28/h1-6,8-9,21-22,24-25,30H,7,10-17H2/t21-,22+,24-,25+/m1/s1. The number of carbonyl (C=O) groups is 1. The zero-order chi connectivity index (χ0) is 25.3. The average molecular weight is 519 g/mol. The van der Waals surface area contributed by atoms with Crippen LogP contribution < -0.4 is 0 Å². The second kappa shape index (κ2) is 10.5. The van der Waals surface area contributed by atoms with E-state index in [1.807, 2.05) is 23.1 Å². The topological polar surface area (TPSA) is 96.4 Å². The molecule has 2 fully saturated rings. The molecule has 2 saturated heterocycles. The van der Waals surface area contributed by atoms with Crippen LogP contribution in [0.25, 0.3) is 0 Å². The van der Waals surface area contributed by atoms with E-state index in [0.717, 1.165) is 24.1 Å². The van der Waals surface area contributed by atoms with E-state index in [1.165, 1.54) is 22.0 Å². The van der Waals surface area contributed by atoms with Crippen LogP contribution >= 0.6 is 0 Å². The third-order valence-corrected chi connectivity index (χ3v) is 9.14. The van der Waals surface area contributed by atoms with E-state index in [1.54, 1.807) is 0 Å². The van der Waals surface area contributed by atoms with Crippen molar-refractivity contribution in [3.63, 3.8) is 0 Å². The van der Waals surface area contributed by atoms with Crippen molar-refractivity contribution < 1.29 is 32.2 Å². The number of aliphatic hydroxyl groups excluding tert-OH is 1. The fourth-order valence-electron chi connectivity index (χ4n) is 5.35. The molecule has 0 spiro atoms. The van der Waals surface area contributed by atoms with Crippen LogP contribution in [0.5, 0.6) is 0 Å². The van der Waals surface area contributed by atoms with Gasteiger partial charge in [-0.2, -0.15) is 4.31 Å². The molecule has 194 valence electrons. The van der Waals surface area contributed by atoms with Crippen molar-refractivity contribution in [3.8, 4) is 0 Å². The van der Waals surface area contributed by atoms with Crippen molar-refractivity contribution in [2.24, 2.45) is 0 Å². The van der Waals surface area contributed by atoms with Gasteiger partial charge in [0.1, 0.15) is 5.82 Å². The lowest BCUT2D eigenvalue weighted by Crippen LogP contribution is -2.57. The first-order valence-corrected chi connectivity index (χ1v) is 13.8. The molecule has 0 radical (unpaired) electrons. The second-order valence-corrected chi connectivity index (χ2v) is 11.6. The first kappa shape index (κ1) is 25.3. The van der Waals surface area contributed by atoms with E-state index < -0.39 is 34.1 Å². The summed E-state index contributed by atoms with van der Waals surface area (Å²) in [5.74, 6) is -0.510. The quantitative estimate of drug-likeness (QED) is 0.666. The number of halogens is 1. The molecule has 1 amide bonds. The second-order valence-electron chi connectivity index (χ2n) is 9.70. The monoisotopic (exact) mass is 518 g/mol. The Labute approximate surface area is 210 Å². The third-order valence-electron chi connectivity index (χ3n) is 7.24. The van der Waals surface area contributed by atoms with Crippen molar-refractivity contribution in [2.45, 2.75) is 61.5 Å². The number of hydrogen-bond acceptors (Lipinski definition) is 6. The van der Waals surface area contributed by atoms with Crippen LogP contribution in [0.1, 0.15) is 30.4 Å². The number of sulfonamides is 1. The minimum absolute atomic E-state index is 0.0194. The Morgan fingerprint density at radius 3 is 2.58 bits per heavy atom. The summed E-state index contributed by atoms with van der Waals surface area (Å²) in [6.45, 7) is 1.18. The van der Waals surface area contributed by atoms with Gasteiger partial charge in [-0.25, -0.2) is 12.8 Å². The van der Waals surface area contributed by atoms with Crippen LogP contribution in [-0.4, -0.2) is 79.3 Å². The Balaban J connectivity index is 1.28. The average Bonchev–Trinajstić information content (AvgIpc) is 2.86. The maximum absolute atomic E-state index is 13.5. The largest absolute Gasteiger partial charge is 0.389 e. The molecule has 2 aromatic carbocycles. The number of aliphatic hydroxyl groups is 1. The number of ether oxygens (including phenoxy) is 2. The Morgan fingerprint density at radius 2 is 1.81 bits per heavy atom. The molecule has 0 saturated carbocycles. The van der Waals surface area contributed by atoms with Crippen molar-refractivity contribution in [1.29, 1.82) is 0 Å². The first-order chi connectivity index (χ1) is 17.3. The van der Waals surface area contributed by atoms with Gasteiger partial charge in [0.2, 0.25) is 15.9 Å². The van der Waals surface area contributed by atoms with Crippen LogP contribution in [0.2, 0.25) is 0 Å². The fourth-order valence-corrected chi connectivity index (χ4v) is 7.06. The maximum Gasteiger partial charge on any atom is 0.243 e. The summed E-state index contributed by atoms with van der Waals surface area (Å²) in [6, 6.07) is 12.2. The first-order valence-electron chi connectivity index (χ1n) is 12.3. The molecule has 3 aliphatic heterocycles. The predicted molar refractivity (Wildman–Crippen MR) is 129 cm³/mol. The lowest BCUT2D eigenvalue weighted by atomic mass is 9.95. The van der Waals surface area contributed by atoms with Gasteiger partial charge in [0.05, 0.1) is 48.9 Å². The number of hydrogen-bond donors (Lipinski definition) is 1. The number of amides is 1. The van der Waals surface area contributed by atoms with Crippen LogP contribution in [0.15, 0.2) is 53.4 Å². The normalized spacial score (nSPS) is 27.4. The van der Waals surface area contributed by atoms with Gasteiger partial charge in [0.25, 0.3) is 0 Å². The van der Waals surface area contributed by atoms with Gasteiger partial charge < -0.3 is 19.5 Å². The summed E-state index contributed by atoms with van der Waals surface area (Å²) in [5, 5.41) is 10.3. The molecular formula is C26H31FN2O6S. The molecule has 0 aromatic heterocycles. The number of nitrogens with zero attached hydrogens (tertiary/aromatic N) is 2. The molecule has 3 aliphatic rings. The summed E-state index contributed by atoms with van der Waals surface area (Å²) < 4.78 is 53.5. The maximum atomic E-state index is 13.5. The summed E-state index contributed by atoms with van der Waals surface area (Å²) in [4.78, 5) is 14.9. The molecule has 2 aromatic rings. The van der Waals surface area contributed by atoms with Gasteiger partial charge in [-0.1, -0.05) is 24.3 Å². The Morgan fingerprint density at radius 1 is 1.06 bits per heavy atom. The number of β-amino-alcohol motifs (C(OH)–C–C–N with tert-alkyl or cyclic N) is 1. The lowest BCUT2D eigenvalue weighted by molar-refractivity contribution is -0.152. The summed E-state index contributed by atoms with van der Waals surface area (Å²) in [5.41, 5.74) is 2.44. The van der Waals surface area contributed by atoms with Crippen molar-refractivity contribution in [1.82, 2.24) is 9.21 Å². The van der Waals surface area contributed by atoms with Gasteiger partial charge in [-0.3, -0.25) is 4.79 Å². The molecule has 10 heteroatoms. The van der Waals surface area contributed by atoms with E-state index in [-0.39, 0.29) is 43.1 Å². The molecule has 8 nitrogen and oxygen atoms in total. The van der Waals surface area contributed by atoms with Crippen molar-refractivity contribution >= 4 is 15.9 Å². The van der Waals surface area contributed by atoms with E-state index >= 15 is 0 Å². The van der Waals surface area contributed by atoms with E-state index in [2.05, 4.69) is 6.07 Å². The van der Waals surface area contributed by atoms with Crippen molar-refractivity contribution in [3.05, 3.63) is 65.5 Å². The van der Waals surface area contributed by atoms with Crippen LogP contribution in [0.4, 0.5) is 4.39 Å². The van der Waals surface area contributed by atoms with Gasteiger partial charge in [0, 0.05) is 19.6 Å². The van der Waals surface area contributed by atoms with E-state index in [4.69, 9.17) is 9.47 Å². The molecule has 0 unspecified atom stereocenters. The van der Waals surface area contributed by atoms with Gasteiger partial charge in [-0.05, 0) is 54.7 Å². The molecular weight excluding hydrogens is 487 g/mol. The number of carbonyl (C=O) groups excluding carboxylic acids is 1. The SMILES string of the molecule is O=C(C[C@@H]1CC[C@@H]2[C@H](COC[C@H](O)CN2S(=O)(=O)c2ccc(F)cc2)O1)N1CCc2ccccc2C1. The molecule has 0 aliphatic carbocycles. The van der Waals surface area contributed by atoms with Crippen molar-refractivity contribution in [2.75, 3.05) is 26.3 Å². The molecule has 1 N–H and O–H groups in total. The third kappa shape index (κ3) is 5.33. The molecule has 36 heavy (non-hydrogen) atoms. The summed E-state index contributed by atoms with van der Waals surface area (Å²) in [6.07, 6.45) is 0.0803. The highest BCUT2D eigenvalue weighted by Gasteiger charge is 2.43. The molecule has 3 heterocycles. The summed E-state index contributed by atoms with van der Waals surface area (Å²) in [7, 11) is -4.01. The Kier molecular flexibility index (Phi) is 7.41. The number of fused-ring (bicyclic) bond motifs is 2. The Bertz CT molecular complexity index is 1190. The van der Waals surface area contributed by atoms with E-state index in [0.29, 0.717) is 25.9 Å². The highest BCUT2D eigenvalue weighted by atomic mass is 32.2. The van der Waals surface area contributed by atoms with Crippen LogP contribution in [0.3, 0.4) is 0 Å². The highest BCUT2D eigenvalue weighted by Crippen LogP contribution is 2.32. The fraction of sp³-hybridized carbons (Fsp3) is 0.500. The van der Waals surface area contributed by atoms with Gasteiger partial charge >= 0.3 is 0 Å². The zero-order valence-electron chi connectivity index (χ0n) is 20.0. The molecule has 0 bridgehead atoms. The van der Waals surface area contributed by atoms with Gasteiger partial charge in [0.15, 0.2) is 0 Å². The minimum atomic E-state index is -4.01. The van der Waals surface area contributed by atoms with Gasteiger partial charge in [-0.15, -0.1) is 0 Å². The van der Waals surface area contributed by atoms with Crippen LogP contribution in [-0.2, 0) is 37.3 Å².